The smallest absolute Gasteiger partial charge is 0.335 e. The van der Waals surface area contributed by atoms with Gasteiger partial charge in [-0.25, -0.2) is 4.79 Å². The predicted octanol–water partition coefficient (Wildman–Crippen LogP) is 13.4. The number of aliphatic carboxylic acids is 1. The Kier molecular flexibility index (Phi) is 22.7. The summed E-state index contributed by atoms with van der Waals surface area (Å²) in [6, 6.07) is 56.6. The third-order valence-electron chi connectivity index (χ3n) is 11.7. The fourth-order valence-electron chi connectivity index (χ4n) is 7.79. The number of aliphatic hydroxyl groups is 2. The van der Waals surface area contributed by atoms with Crippen molar-refractivity contribution in [3.8, 4) is 17.2 Å². The standard InChI is InChI=1S/2C19H21NOS.C18H19NOS.C4H8O4/c2*1-20(2)13-12-18(19-11-6-14-22-19)21-17-10-5-8-15-7-3-4-9-16(15)17;1-19-12-11-17(18-10-5-13-21-18)20-16-9-4-7-14-6-2-3-8-15(14)16;1-2(5)3(6)4(7)8/h2*3-11,14,18H,12-13H2,1-2H3;2-10,13,17,19H,11-12H2,1H3;2-3,5-6H,1H3,(H,7,8)/t18-;;17-;/m0.0./s1. The number of hydrogen-bond acceptors (Lipinski definition) is 12. The van der Waals surface area contributed by atoms with E-state index < -0.39 is 18.2 Å². The maximum atomic E-state index is 9.73. The summed E-state index contributed by atoms with van der Waals surface area (Å²) in [6.07, 6.45) is 0.375. The summed E-state index contributed by atoms with van der Waals surface area (Å²) in [5, 5.41) is 41.4. The van der Waals surface area contributed by atoms with Crippen LogP contribution in [0.15, 0.2) is 180 Å². The fraction of sp³-hybridized carbons (Fsp3) is 0.283. The van der Waals surface area contributed by atoms with Crippen molar-refractivity contribution in [3.63, 3.8) is 0 Å². The Balaban J connectivity index is 0.000000166. The minimum atomic E-state index is -1.66. The molecule has 0 fully saturated rings. The molecule has 6 aromatic carbocycles. The SMILES string of the molecule is CC(O)C(O)C(=O)O.CN(C)CCC(Oc1cccc2ccccc12)c1cccs1.CN(C)CC[C@H](Oc1cccc2ccccc12)c1cccs1.CNCC[C@H](Oc1cccc2ccccc12)c1cccs1. The zero-order chi connectivity index (χ0) is 52.0. The summed E-state index contributed by atoms with van der Waals surface area (Å²) >= 11 is 5.28. The molecule has 0 spiro atoms. The molecule has 5 atom stereocenters. The van der Waals surface area contributed by atoms with Gasteiger partial charge in [0.25, 0.3) is 0 Å². The number of carbonyl (C=O) groups is 1. The molecular weight excluding hydrogens is 971 g/mol. The lowest BCUT2D eigenvalue weighted by molar-refractivity contribution is -0.151. The molecule has 3 unspecified atom stereocenters. The highest BCUT2D eigenvalue weighted by Crippen LogP contribution is 2.36. The summed E-state index contributed by atoms with van der Waals surface area (Å²) in [4.78, 5) is 18.0. The first kappa shape index (κ1) is 56.2. The van der Waals surface area contributed by atoms with Crippen molar-refractivity contribution in [3.05, 3.63) is 195 Å². The Bertz CT molecular complexity index is 2820. The molecule has 10 nitrogen and oxygen atoms in total. The average molecular weight is 1040 g/mol. The van der Waals surface area contributed by atoms with E-state index in [9.17, 15) is 4.79 Å². The maximum absolute atomic E-state index is 9.73. The van der Waals surface area contributed by atoms with Crippen LogP contribution in [0.1, 0.15) is 59.1 Å². The van der Waals surface area contributed by atoms with Crippen LogP contribution in [0, 0.1) is 0 Å². The number of benzene rings is 6. The quantitative estimate of drug-likeness (QED) is 0.0587. The Morgan fingerprint density at radius 1 is 0.493 bits per heavy atom. The second-order valence-electron chi connectivity index (χ2n) is 17.9. The molecule has 0 saturated heterocycles. The lowest BCUT2D eigenvalue weighted by Gasteiger charge is -2.21. The van der Waals surface area contributed by atoms with Crippen LogP contribution in [0.3, 0.4) is 0 Å². The Hall–Kier alpha value is -6.13. The monoisotopic (exact) mass is 1040 g/mol. The number of hydrogen-bond donors (Lipinski definition) is 4. The fourth-order valence-corrected chi connectivity index (χ4v) is 10.2. The number of carboxylic acids is 1. The molecule has 0 aliphatic carbocycles. The molecule has 4 N–H and O–H groups in total. The number of carboxylic acid groups (broad SMARTS) is 1. The van der Waals surface area contributed by atoms with Crippen molar-refractivity contribution in [1.82, 2.24) is 15.1 Å². The highest BCUT2D eigenvalue weighted by Gasteiger charge is 2.20. The number of nitrogens with one attached hydrogen (secondary N) is 1. The Morgan fingerprint density at radius 2 is 0.822 bits per heavy atom. The van der Waals surface area contributed by atoms with Crippen LogP contribution in [0.25, 0.3) is 32.3 Å². The van der Waals surface area contributed by atoms with Gasteiger partial charge in [0.2, 0.25) is 0 Å². The van der Waals surface area contributed by atoms with Gasteiger partial charge in [-0.05, 0) is 117 Å². The van der Waals surface area contributed by atoms with Crippen LogP contribution in [-0.4, -0.2) is 98.2 Å². The molecule has 0 aliphatic rings. The van der Waals surface area contributed by atoms with E-state index in [0.717, 1.165) is 56.1 Å². The van der Waals surface area contributed by atoms with E-state index in [2.05, 4.69) is 223 Å². The molecule has 0 aliphatic heterocycles. The van der Waals surface area contributed by atoms with Crippen LogP contribution in [0.4, 0.5) is 0 Å². The van der Waals surface area contributed by atoms with Crippen LogP contribution >= 0.6 is 34.0 Å². The van der Waals surface area contributed by atoms with Gasteiger partial charge in [-0.15, -0.1) is 34.0 Å². The van der Waals surface area contributed by atoms with E-state index in [0.29, 0.717) is 0 Å². The summed E-state index contributed by atoms with van der Waals surface area (Å²) in [7, 11) is 10.4. The van der Waals surface area contributed by atoms with Crippen LogP contribution in [-0.2, 0) is 4.79 Å². The van der Waals surface area contributed by atoms with Crippen molar-refractivity contribution in [2.75, 3.05) is 54.9 Å². The van der Waals surface area contributed by atoms with Crippen molar-refractivity contribution < 1.29 is 34.3 Å². The minimum Gasteiger partial charge on any atom is -0.484 e. The minimum absolute atomic E-state index is 0.100. The van der Waals surface area contributed by atoms with Gasteiger partial charge in [-0.3, -0.25) is 0 Å². The summed E-state index contributed by atoms with van der Waals surface area (Å²) < 4.78 is 19.2. The van der Waals surface area contributed by atoms with Crippen molar-refractivity contribution >= 4 is 72.3 Å². The third-order valence-corrected chi connectivity index (χ3v) is 14.6. The van der Waals surface area contributed by atoms with Crippen LogP contribution < -0.4 is 19.5 Å². The number of rotatable bonds is 20. The number of thiophene rings is 3. The van der Waals surface area contributed by atoms with Gasteiger partial charge in [-0.1, -0.05) is 127 Å². The van der Waals surface area contributed by atoms with E-state index in [1.807, 2.05) is 7.05 Å². The van der Waals surface area contributed by atoms with Gasteiger partial charge in [0.05, 0.1) is 6.10 Å². The first-order valence-corrected chi connectivity index (χ1v) is 27.1. The maximum Gasteiger partial charge on any atom is 0.335 e. The van der Waals surface area contributed by atoms with Gasteiger partial charge in [0.1, 0.15) is 35.6 Å². The second kappa shape index (κ2) is 29.5. The number of aliphatic hydroxyl groups excluding tert-OH is 2. The molecule has 9 aromatic rings. The van der Waals surface area contributed by atoms with Gasteiger partial charge in [0, 0.05) is 63.1 Å². The normalized spacial score (nSPS) is 13.1. The van der Waals surface area contributed by atoms with E-state index >= 15 is 0 Å². The molecule has 73 heavy (non-hydrogen) atoms. The molecule has 0 saturated carbocycles. The Labute approximate surface area is 442 Å². The van der Waals surface area contributed by atoms with E-state index in [1.54, 1.807) is 34.0 Å². The first-order valence-electron chi connectivity index (χ1n) is 24.5. The molecule has 9 rings (SSSR count). The number of ether oxygens (including phenoxy) is 3. The second-order valence-corrected chi connectivity index (χ2v) is 20.8. The summed E-state index contributed by atoms with van der Waals surface area (Å²) in [5.41, 5.74) is 0. The highest BCUT2D eigenvalue weighted by atomic mass is 32.1. The summed E-state index contributed by atoms with van der Waals surface area (Å²) in [6.45, 7) is 4.16. The first-order chi connectivity index (χ1) is 35.4. The molecule has 0 bridgehead atoms. The third kappa shape index (κ3) is 17.5. The van der Waals surface area contributed by atoms with Gasteiger partial charge < -0.3 is 44.6 Å². The molecule has 384 valence electrons. The van der Waals surface area contributed by atoms with Crippen molar-refractivity contribution in [2.45, 2.75) is 56.7 Å². The van der Waals surface area contributed by atoms with Gasteiger partial charge in [-0.2, -0.15) is 0 Å². The zero-order valence-corrected chi connectivity index (χ0v) is 45.0. The van der Waals surface area contributed by atoms with Crippen molar-refractivity contribution in [2.24, 2.45) is 0 Å². The Morgan fingerprint density at radius 3 is 1.10 bits per heavy atom. The molecule has 3 heterocycles. The van der Waals surface area contributed by atoms with Crippen LogP contribution in [0.2, 0.25) is 0 Å². The number of nitrogens with zero attached hydrogens (tertiary/aromatic N) is 2. The van der Waals surface area contributed by atoms with Gasteiger partial charge >= 0.3 is 5.97 Å². The predicted molar refractivity (Wildman–Crippen MR) is 305 cm³/mol. The number of fused-ring (bicyclic) bond motifs is 3. The zero-order valence-electron chi connectivity index (χ0n) is 42.5. The molecule has 3 aromatic heterocycles. The molecular formula is C60H69N3O7S3. The lowest BCUT2D eigenvalue weighted by Crippen LogP contribution is -2.30. The van der Waals surface area contributed by atoms with Crippen molar-refractivity contribution in [1.29, 1.82) is 0 Å². The molecule has 0 radical (unpaired) electrons. The topological polar surface area (TPSA) is 124 Å². The van der Waals surface area contributed by atoms with E-state index in [4.69, 9.17) is 29.5 Å². The van der Waals surface area contributed by atoms with E-state index in [-0.39, 0.29) is 18.3 Å². The summed E-state index contributed by atoms with van der Waals surface area (Å²) in [5.74, 6) is 1.49. The van der Waals surface area contributed by atoms with Gasteiger partial charge in [0.15, 0.2) is 6.10 Å². The average Bonchev–Trinajstić information content (AvgIpc) is 4.25. The lowest BCUT2D eigenvalue weighted by atomic mass is 10.1. The molecule has 0 amide bonds. The molecule has 13 heteroatoms. The largest absolute Gasteiger partial charge is 0.484 e. The highest BCUT2D eigenvalue weighted by molar-refractivity contribution is 7.10. The van der Waals surface area contributed by atoms with Crippen LogP contribution in [0.5, 0.6) is 17.2 Å². The van der Waals surface area contributed by atoms with E-state index in [1.165, 1.54) is 53.9 Å².